The summed E-state index contributed by atoms with van der Waals surface area (Å²) in [5, 5.41) is 7.13. The Labute approximate surface area is 154 Å². The van der Waals surface area contributed by atoms with Crippen LogP contribution in [0.2, 0.25) is 0 Å². The molecule has 0 saturated carbocycles. The van der Waals surface area contributed by atoms with E-state index < -0.39 is 12.3 Å². The minimum absolute atomic E-state index is 0.211. The standard InChI is InChI=1S/C19H18FN3O4/c1-25-14(26-2)10-23-18(13-4-3-9-27-13)15-16(21-22-17(15)19(23)24)11-5-7-12(20)8-6-11/h3-9,14,18H,10H2,1-2H3,(H,21,22). The van der Waals surface area contributed by atoms with Crippen molar-refractivity contribution in [3.8, 4) is 11.3 Å². The minimum atomic E-state index is -0.586. The van der Waals surface area contributed by atoms with Gasteiger partial charge < -0.3 is 18.8 Å². The lowest BCUT2D eigenvalue weighted by molar-refractivity contribution is -0.114. The number of nitrogens with zero attached hydrogens (tertiary/aromatic N) is 2. The predicted octanol–water partition coefficient (Wildman–Crippen LogP) is 2.97. The number of rotatable bonds is 6. The van der Waals surface area contributed by atoms with Gasteiger partial charge >= 0.3 is 0 Å². The first-order valence-electron chi connectivity index (χ1n) is 8.38. The third-order valence-electron chi connectivity index (χ3n) is 4.67. The van der Waals surface area contributed by atoms with Crippen molar-refractivity contribution < 1.29 is 23.1 Å². The summed E-state index contributed by atoms with van der Waals surface area (Å²) in [6.07, 6.45) is 0.968. The van der Waals surface area contributed by atoms with Gasteiger partial charge in [0.25, 0.3) is 5.91 Å². The van der Waals surface area contributed by atoms with Crippen LogP contribution in [0.15, 0.2) is 47.1 Å². The van der Waals surface area contributed by atoms with Crippen LogP contribution in [0.3, 0.4) is 0 Å². The zero-order valence-electron chi connectivity index (χ0n) is 14.8. The largest absolute Gasteiger partial charge is 0.467 e. The van der Waals surface area contributed by atoms with Crippen LogP contribution >= 0.6 is 0 Å². The molecule has 0 saturated heterocycles. The molecule has 1 atom stereocenters. The first kappa shape index (κ1) is 17.4. The summed E-state index contributed by atoms with van der Waals surface area (Å²) >= 11 is 0. The maximum atomic E-state index is 13.3. The maximum Gasteiger partial charge on any atom is 0.273 e. The van der Waals surface area contributed by atoms with Gasteiger partial charge in [-0.25, -0.2) is 4.39 Å². The van der Waals surface area contributed by atoms with Gasteiger partial charge in [0.2, 0.25) is 0 Å². The normalized spacial score (nSPS) is 16.4. The van der Waals surface area contributed by atoms with Crippen molar-refractivity contribution in [3.63, 3.8) is 0 Å². The number of fused-ring (bicyclic) bond motifs is 1. The molecule has 0 spiro atoms. The number of hydrogen-bond donors (Lipinski definition) is 1. The van der Waals surface area contributed by atoms with Gasteiger partial charge in [0, 0.05) is 25.3 Å². The summed E-state index contributed by atoms with van der Waals surface area (Å²) < 4.78 is 29.4. The van der Waals surface area contributed by atoms with Crippen molar-refractivity contribution in [3.05, 3.63) is 65.5 Å². The molecule has 1 amide bonds. The number of H-pyrrole nitrogens is 1. The van der Waals surface area contributed by atoms with E-state index in [0.717, 1.165) is 0 Å². The fourth-order valence-corrected chi connectivity index (χ4v) is 3.36. The Morgan fingerprint density at radius 3 is 2.63 bits per heavy atom. The molecule has 0 radical (unpaired) electrons. The van der Waals surface area contributed by atoms with Gasteiger partial charge in [0.1, 0.15) is 23.3 Å². The van der Waals surface area contributed by atoms with E-state index in [9.17, 15) is 9.18 Å². The van der Waals surface area contributed by atoms with E-state index in [1.165, 1.54) is 26.4 Å². The molecule has 0 fully saturated rings. The Balaban J connectivity index is 1.81. The topological polar surface area (TPSA) is 80.6 Å². The van der Waals surface area contributed by atoms with Crippen molar-refractivity contribution in [2.45, 2.75) is 12.3 Å². The molecule has 4 rings (SSSR count). The number of aromatic amines is 1. The van der Waals surface area contributed by atoms with Crippen LogP contribution in [-0.2, 0) is 9.47 Å². The van der Waals surface area contributed by atoms with Crippen LogP contribution in [0.5, 0.6) is 0 Å². The molecule has 140 valence electrons. The van der Waals surface area contributed by atoms with Crippen molar-refractivity contribution >= 4 is 5.91 Å². The van der Waals surface area contributed by atoms with E-state index >= 15 is 0 Å². The Hall–Kier alpha value is -2.97. The number of benzene rings is 1. The summed E-state index contributed by atoms with van der Waals surface area (Å²) in [6, 6.07) is 9.05. The lowest BCUT2D eigenvalue weighted by Gasteiger charge is -2.27. The number of ether oxygens (including phenoxy) is 2. The highest BCUT2D eigenvalue weighted by Gasteiger charge is 2.44. The smallest absolute Gasteiger partial charge is 0.273 e. The van der Waals surface area contributed by atoms with E-state index in [1.54, 1.807) is 35.4 Å². The maximum absolute atomic E-state index is 13.3. The molecular weight excluding hydrogens is 353 g/mol. The Bertz CT molecular complexity index is 933. The summed E-state index contributed by atoms with van der Waals surface area (Å²) in [4.78, 5) is 14.6. The van der Waals surface area contributed by atoms with E-state index in [1.807, 2.05) is 0 Å². The van der Waals surface area contributed by atoms with Crippen LogP contribution in [0.1, 0.15) is 27.9 Å². The SMILES string of the molecule is COC(CN1C(=O)c2[nH]nc(-c3ccc(F)cc3)c2C1c1ccco1)OC. The van der Waals surface area contributed by atoms with Crippen molar-refractivity contribution in [2.75, 3.05) is 20.8 Å². The molecule has 2 aromatic heterocycles. The predicted molar refractivity (Wildman–Crippen MR) is 93.4 cm³/mol. The van der Waals surface area contributed by atoms with Crippen LogP contribution in [-0.4, -0.2) is 48.1 Å². The number of furan rings is 1. The average Bonchev–Trinajstić information content (AvgIpc) is 3.39. The Morgan fingerprint density at radius 2 is 2.00 bits per heavy atom. The minimum Gasteiger partial charge on any atom is -0.467 e. The zero-order chi connectivity index (χ0) is 19.0. The van der Waals surface area contributed by atoms with Gasteiger partial charge in [-0.1, -0.05) is 0 Å². The molecular formula is C19H18FN3O4. The molecule has 1 aliphatic heterocycles. The number of carbonyl (C=O) groups excluding carboxylic acids is 1. The second kappa shape index (κ2) is 6.98. The number of hydrogen-bond acceptors (Lipinski definition) is 5. The lowest BCUT2D eigenvalue weighted by Crippen LogP contribution is -2.37. The van der Waals surface area contributed by atoms with Gasteiger partial charge in [0.15, 0.2) is 6.29 Å². The van der Waals surface area contributed by atoms with Gasteiger partial charge in [-0.3, -0.25) is 9.89 Å². The van der Waals surface area contributed by atoms with Crippen LogP contribution in [0.4, 0.5) is 4.39 Å². The van der Waals surface area contributed by atoms with Gasteiger partial charge in [-0.05, 0) is 36.4 Å². The highest BCUT2D eigenvalue weighted by Crippen LogP contribution is 2.42. The molecule has 1 N–H and O–H groups in total. The molecule has 1 aromatic carbocycles. The number of amides is 1. The zero-order valence-corrected chi connectivity index (χ0v) is 14.8. The third kappa shape index (κ3) is 2.92. The van der Waals surface area contributed by atoms with Gasteiger partial charge in [-0.15, -0.1) is 0 Å². The molecule has 8 heteroatoms. The average molecular weight is 371 g/mol. The molecule has 7 nitrogen and oxygen atoms in total. The molecule has 0 bridgehead atoms. The number of halogens is 1. The summed E-state index contributed by atoms with van der Waals surface area (Å²) in [5.41, 5.74) is 2.35. The molecule has 27 heavy (non-hydrogen) atoms. The fourth-order valence-electron chi connectivity index (χ4n) is 3.36. The number of methoxy groups -OCH3 is 2. The van der Waals surface area contributed by atoms with Crippen LogP contribution in [0, 0.1) is 5.82 Å². The third-order valence-corrected chi connectivity index (χ3v) is 4.67. The summed E-state index contributed by atoms with van der Waals surface area (Å²) in [5.74, 6) is 0.0263. The van der Waals surface area contributed by atoms with Crippen molar-refractivity contribution in [1.82, 2.24) is 15.1 Å². The van der Waals surface area contributed by atoms with Crippen molar-refractivity contribution in [1.29, 1.82) is 0 Å². The molecule has 3 heterocycles. The molecule has 1 unspecified atom stereocenters. The second-order valence-electron chi connectivity index (χ2n) is 6.14. The number of carbonyl (C=O) groups is 1. The molecule has 3 aromatic rings. The van der Waals surface area contributed by atoms with Gasteiger partial charge in [0.05, 0.1) is 18.5 Å². The lowest BCUT2D eigenvalue weighted by atomic mass is 10.00. The first-order chi connectivity index (χ1) is 13.1. The quantitative estimate of drug-likeness (QED) is 0.674. The molecule has 1 aliphatic rings. The second-order valence-corrected chi connectivity index (χ2v) is 6.14. The van der Waals surface area contributed by atoms with E-state index in [-0.39, 0.29) is 18.3 Å². The number of nitrogens with one attached hydrogen (secondary N) is 1. The fraction of sp³-hybridized carbons (Fsp3) is 0.263. The Morgan fingerprint density at radius 1 is 1.26 bits per heavy atom. The monoisotopic (exact) mass is 371 g/mol. The van der Waals surface area contributed by atoms with Crippen molar-refractivity contribution in [2.24, 2.45) is 0 Å². The first-order valence-corrected chi connectivity index (χ1v) is 8.38. The van der Waals surface area contributed by atoms with Gasteiger partial charge in [-0.2, -0.15) is 5.10 Å². The van der Waals surface area contributed by atoms with E-state index in [2.05, 4.69) is 10.2 Å². The van der Waals surface area contributed by atoms with E-state index in [4.69, 9.17) is 13.9 Å². The highest BCUT2D eigenvalue weighted by atomic mass is 19.1. The highest BCUT2D eigenvalue weighted by molar-refractivity contribution is 6.00. The Kier molecular flexibility index (Phi) is 4.51. The number of aromatic nitrogens is 2. The molecule has 0 aliphatic carbocycles. The summed E-state index contributed by atoms with van der Waals surface area (Å²) in [6.45, 7) is 0.211. The van der Waals surface area contributed by atoms with E-state index in [0.29, 0.717) is 28.3 Å². The van der Waals surface area contributed by atoms with Crippen LogP contribution < -0.4 is 0 Å². The summed E-state index contributed by atoms with van der Waals surface area (Å²) in [7, 11) is 3.03. The van der Waals surface area contributed by atoms with Crippen LogP contribution in [0.25, 0.3) is 11.3 Å².